The third-order valence-corrected chi connectivity index (χ3v) is 2.41. The lowest BCUT2D eigenvalue weighted by atomic mass is 10.2. The average Bonchev–Trinajstić information content (AvgIpc) is 2.71. The highest BCUT2D eigenvalue weighted by Gasteiger charge is 2.24. The van der Waals surface area contributed by atoms with Crippen LogP contribution < -0.4 is 4.74 Å². The molecule has 0 fully saturated rings. The molecule has 4 nitrogen and oxygen atoms in total. The predicted molar refractivity (Wildman–Crippen MR) is 64.0 cm³/mol. The zero-order valence-corrected chi connectivity index (χ0v) is 9.98. The Morgan fingerprint density at radius 3 is 2.35 bits per heavy atom. The van der Waals surface area contributed by atoms with E-state index in [1.54, 1.807) is 31.4 Å². The normalized spacial score (nSPS) is 14.4. The average molecular weight is 231 g/mol. The van der Waals surface area contributed by atoms with E-state index >= 15 is 0 Å². The van der Waals surface area contributed by atoms with Crippen LogP contribution in [-0.4, -0.2) is 19.0 Å². The van der Waals surface area contributed by atoms with Crippen LogP contribution in [0.1, 0.15) is 19.4 Å². The van der Waals surface area contributed by atoms with Gasteiger partial charge in [-0.05, 0) is 43.7 Å². The van der Waals surface area contributed by atoms with Gasteiger partial charge in [0, 0.05) is 5.56 Å². The first-order valence-corrected chi connectivity index (χ1v) is 5.24. The maximum absolute atomic E-state index is 11.5. The second-order valence-corrected chi connectivity index (χ2v) is 3.88. The molecule has 2 rings (SSSR count). The van der Waals surface area contributed by atoms with Crippen LogP contribution in [0.2, 0.25) is 0 Å². The zero-order valence-electron chi connectivity index (χ0n) is 9.98. The molecule has 0 spiro atoms. The lowest BCUT2D eigenvalue weighted by Crippen LogP contribution is -2.05. The monoisotopic (exact) mass is 231 g/mol. The molecular formula is C13H13NO3. The van der Waals surface area contributed by atoms with E-state index in [1.165, 1.54) is 0 Å². The Labute approximate surface area is 99.6 Å². The molecule has 0 aliphatic carbocycles. The van der Waals surface area contributed by atoms with Crippen LogP contribution in [-0.2, 0) is 9.53 Å². The standard InChI is InChI=1S/C13H13NO3/c1-8(2)11-13(15)17-12(14-11)9-4-6-10(16-3)7-5-9/h4-7H,1-3H3. The van der Waals surface area contributed by atoms with Gasteiger partial charge < -0.3 is 9.47 Å². The van der Waals surface area contributed by atoms with Gasteiger partial charge in [-0.15, -0.1) is 0 Å². The van der Waals surface area contributed by atoms with Crippen LogP contribution in [0.15, 0.2) is 40.5 Å². The van der Waals surface area contributed by atoms with Crippen LogP contribution in [0.5, 0.6) is 5.75 Å². The van der Waals surface area contributed by atoms with E-state index in [2.05, 4.69) is 4.99 Å². The molecule has 0 amide bonds. The number of benzene rings is 1. The molecule has 0 radical (unpaired) electrons. The number of nitrogens with zero attached hydrogens (tertiary/aromatic N) is 1. The van der Waals surface area contributed by atoms with Crippen LogP contribution >= 0.6 is 0 Å². The van der Waals surface area contributed by atoms with E-state index in [4.69, 9.17) is 9.47 Å². The van der Waals surface area contributed by atoms with Gasteiger partial charge in [0.2, 0.25) is 5.90 Å². The van der Waals surface area contributed by atoms with Crippen molar-refractivity contribution in [2.45, 2.75) is 13.8 Å². The summed E-state index contributed by atoms with van der Waals surface area (Å²) in [4.78, 5) is 15.7. The molecular weight excluding hydrogens is 218 g/mol. The van der Waals surface area contributed by atoms with Gasteiger partial charge in [-0.1, -0.05) is 0 Å². The fourth-order valence-electron chi connectivity index (χ4n) is 1.48. The largest absolute Gasteiger partial charge is 0.497 e. The number of hydrogen-bond donors (Lipinski definition) is 0. The number of ether oxygens (including phenoxy) is 2. The van der Waals surface area contributed by atoms with Crippen molar-refractivity contribution in [2.75, 3.05) is 7.11 Å². The van der Waals surface area contributed by atoms with E-state index < -0.39 is 5.97 Å². The fraction of sp³-hybridized carbons (Fsp3) is 0.231. The van der Waals surface area contributed by atoms with Crippen molar-refractivity contribution in [2.24, 2.45) is 4.99 Å². The summed E-state index contributed by atoms with van der Waals surface area (Å²) in [7, 11) is 1.60. The number of rotatable bonds is 2. The fourth-order valence-corrected chi connectivity index (χ4v) is 1.48. The number of cyclic esters (lactones) is 1. The minimum Gasteiger partial charge on any atom is -0.497 e. The third-order valence-electron chi connectivity index (χ3n) is 2.41. The van der Waals surface area contributed by atoms with Crippen molar-refractivity contribution in [3.8, 4) is 5.75 Å². The lowest BCUT2D eigenvalue weighted by Gasteiger charge is -2.01. The highest BCUT2D eigenvalue weighted by Crippen LogP contribution is 2.20. The number of carbonyl (C=O) groups is 1. The molecule has 17 heavy (non-hydrogen) atoms. The maximum atomic E-state index is 11.5. The van der Waals surface area contributed by atoms with Crippen molar-refractivity contribution in [1.29, 1.82) is 0 Å². The predicted octanol–water partition coefficient (Wildman–Crippen LogP) is 2.29. The summed E-state index contributed by atoms with van der Waals surface area (Å²) in [5.41, 5.74) is 1.99. The Bertz CT molecular complexity index is 508. The third kappa shape index (κ3) is 2.20. The number of allylic oxidation sites excluding steroid dienone is 1. The quantitative estimate of drug-likeness (QED) is 0.579. The molecule has 4 heteroatoms. The van der Waals surface area contributed by atoms with Crippen molar-refractivity contribution >= 4 is 11.9 Å². The van der Waals surface area contributed by atoms with Crippen molar-refractivity contribution in [1.82, 2.24) is 0 Å². The number of hydrogen-bond acceptors (Lipinski definition) is 4. The van der Waals surface area contributed by atoms with E-state index in [0.29, 0.717) is 11.6 Å². The van der Waals surface area contributed by atoms with Gasteiger partial charge >= 0.3 is 5.97 Å². The van der Waals surface area contributed by atoms with E-state index in [0.717, 1.165) is 16.9 Å². The Morgan fingerprint density at radius 2 is 1.88 bits per heavy atom. The molecule has 1 heterocycles. The SMILES string of the molecule is COc1ccc(C2=NC(=C(C)C)C(=O)O2)cc1. The topological polar surface area (TPSA) is 47.9 Å². The lowest BCUT2D eigenvalue weighted by molar-refractivity contribution is -0.130. The van der Waals surface area contributed by atoms with Crippen molar-refractivity contribution in [3.63, 3.8) is 0 Å². The Morgan fingerprint density at radius 1 is 1.24 bits per heavy atom. The molecule has 0 unspecified atom stereocenters. The summed E-state index contributed by atoms with van der Waals surface area (Å²) in [6.07, 6.45) is 0. The van der Waals surface area contributed by atoms with E-state index in [-0.39, 0.29) is 0 Å². The number of carbonyl (C=O) groups excluding carboxylic acids is 1. The van der Waals surface area contributed by atoms with Crippen LogP contribution in [0.25, 0.3) is 0 Å². The molecule has 0 atom stereocenters. The maximum Gasteiger partial charge on any atom is 0.363 e. The Balaban J connectivity index is 2.33. The van der Waals surface area contributed by atoms with Crippen molar-refractivity contribution in [3.05, 3.63) is 41.1 Å². The zero-order chi connectivity index (χ0) is 12.4. The first-order valence-electron chi connectivity index (χ1n) is 5.24. The second kappa shape index (κ2) is 4.41. The van der Waals surface area contributed by atoms with Crippen molar-refractivity contribution < 1.29 is 14.3 Å². The first kappa shape index (κ1) is 11.4. The summed E-state index contributed by atoms with van der Waals surface area (Å²) in [5.74, 6) is 0.700. The highest BCUT2D eigenvalue weighted by molar-refractivity contribution is 6.11. The van der Waals surface area contributed by atoms with Crippen LogP contribution in [0.3, 0.4) is 0 Å². The van der Waals surface area contributed by atoms with Gasteiger partial charge in [0.15, 0.2) is 5.70 Å². The van der Waals surface area contributed by atoms with Gasteiger partial charge in [-0.25, -0.2) is 9.79 Å². The number of methoxy groups -OCH3 is 1. The molecule has 88 valence electrons. The molecule has 0 aromatic heterocycles. The molecule has 0 saturated heterocycles. The molecule has 1 aromatic carbocycles. The van der Waals surface area contributed by atoms with Crippen LogP contribution in [0, 0.1) is 0 Å². The van der Waals surface area contributed by atoms with Gasteiger partial charge in [-0.2, -0.15) is 0 Å². The summed E-state index contributed by atoms with van der Waals surface area (Å²) in [6.45, 7) is 3.66. The molecule has 0 N–H and O–H groups in total. The molecule has 0 saturated carbocycles. The summed E-state index contributed by atoms with van der Waals surface area (Å²) in [5, 5.41) is 0. The second-order valence-electron chi connectivity index (χ2n) is 3.88. The number of esters is 1. The van der Waals surface area contributed by atoms with Gasteiger partial charge in [0.05, 0.1) is 7.11 Å². The van der Waals surface area contributed by atoms with Gasteiger partial charge in [0.1, 0.15) is 5.75 Å². The molecule has 1 aliphatic heterocycles. The van der Waals surface area contributed by atoms with Gasteiger partial charge in [0.25, 0.3) is 0 Å². The number of aliphatic imine (C=N–C) groups is 1. The van der Waals surface area contributed by atoms with Gasteiger partial charge in [-0.3, -0.25) is 0 Å². The highest BCUT2D eigenvalue weighted by atomic mass is 16.6. The molecule has 1 aromatic rings. The minimum absolute atomic E-state index is 0.342. The summed E-state index contributed by atoms with van der Waals surface area (Å²) in [6, 6.07) is 7.20. The minimum atomic E-state index is -0.393. The summed E-state index contributed by atoms with van der Waals surface area (Å²) >= 11 is 0. The smallest absolute Gasteiger partial charge is 0.363 e. The van der Waals surface area contributed by atoms with E-state index in [1.807, 2.05) is 13.8 Å². The van der Waals surface area contributed by atoms with Crippen LogP contribution in [0.4, 0.5) is 0 Å². The molecule has 0 bridgehead atoms. The Kier molecular flexibility index (Phi) is 2.95. The Hall–Kier alpha value is -2.10. The summed E-state index contributed by atoms with van der Waals surface area (Å²) < 4.78 is 10.2. The molecule has 1 aliphatic rings. The van der Waals surface area contributed by atoms with E-state index in [9.17, 15) is 4.79 Å². The first-order chi connectivity index (χ1) is 8.11.